The Labute approximate surface area is 109 Å². The highest BCUT2D eigenvalue weighted by atomic mass is 16.4. The van der Waals surface area contributed by atoms with Crippen LogP contribution < -0.4 is 16.4 Å². The number of carboxylic acids is 1. The number of aliphatic carboxylic acids is 1. The average molecular weight is 265 g/mol. The molecule has 0 fully saturated rings. The topological polar surface area (TPSA) is 122 Å². The van der Waals surface area contributed by atoms with Crippen molar-refractivity contribution in [3.05, 3.63) is 29.8 Å². The van der Waals surface area contributed by atoms with Crippen LogP contribution in [0, 0.1) is 0 Å². The maximum absolute atomic E-state index is 11.6. The van der Waals surface area contributed by atoms with E-state index in [0.29, 0.717) is 11.3 Å². The van der Waals surface area contributed by atoms with E-state index in [-0.39, 0.29) is 19.5 Å². The molecule has 0 saturated heterocycles. The number of amides is 2. The number of benzene rings is 1. The molecule has 0 aliphatic carbocycles. The van der Waals surface area contributed by atoms with E-state index in [2.05, 4.69) is 10.6 Å². The first kappa shape index (κ1) is 14.5. The first-order valence-electron chi connectivity index (χ1n) is 5.61. The summed E-state index contributed by atoms with van der Waals surface area (Å²) in [7, 11) is 0. The smallest absolute Gasteiger partial charge is 0.305 e. The second-order valence-electron chi connectivity index (χ2n) is 3.80. The molecule has 0 unspecified atom stereocenters. The number of rotatable bonds is 6. The number of carboxylic acid groups (broad SMARTS) is 1. The van der Waals surface area contributed by atoms with Crippen molar-refractivity contribution in [2.45, 2.75) is 6.42 Å². The number of anilines is 1. The van der Waals surface area contributed by atoms with E-state index in [1.165, 1.54) is 0 Å². The molecule has 0 heterocycles. The van der Waals surface area contributed by atoms with Gasteiger partial charge in [0.25, 0.3) is 5.91 Å². The number of carbonyl (C=O) groups is 3. The van der Waals surface area contributed by atoms with Gasteiger partial charge in [0.15, 0.2) is 0 Å². The van der Waals surface area contributed by atoms with E-state index in [0.717, 1.165) is 0 Å². The van der Waals surface area contributed by atoms with Crippen LogP contribution in [0.2, 0.25) is 0 Å². The third kappa shape index (κ3) is 5.53. The molecule has 0 radical (unpaired) electrons. The number of nitrogens with two attached hydrogens (primary N) is 1. The number of hydrogen-bond acceptors (Lipinski definition) is 4. The number of carbonyl (C=O) groups excluding carboxylic acids is 2. The molecule has 0 aliphatic heterocycles. The van der Waals surface area contributed by atoms with Gasteiger partial charge in [0.05, 0.1) is 13.0 Å². The zero-order chi connectivity index (χ0) is 14.3. The molecule has 1 aromatic carbocycles. The fourth-order valence-electron chi connectivity index (χ4n) is 1.27. The molecular weight excluding hydrogens is 250 g/mol. The monoisotopic (exact) mass is 265 g/mol. The highest BCUT2D eigenvalue weighted by molar-refractivity contribution is 5.96. The number of hydrogen-bond donors (Lipinski definition) is 4. The largest absolute Gasteiger partial charge is 0.481 e. The average Bonchev–Trinajstić information content (AvgIpc) is 2.36. The van der Waals surface area contributed by atoms with Crippen molar-refractivity contribution in [2.24, 2.45) is 0 Å². The van der Waals surface area contributed by atoms with Crippen molar-refractivity contribution in [3.8, 4) is 0 Å². The van der Waals surface area contributed by atoms with Crippen LogP contribution in [0.4, 0.5) is 5.69 Å². The lowest BCUT2D eigenvalue weighted by atomic mass is 10.2. The summed E-state index contributed by atoms with van der Waals surface area (Å²) in [5, 5.41) is 13.2. The molecule has 19 heavy (non-hydrogen) atoms. The Morgan fingerprint density at radius 3 is 2.32 bits per heavy atom. The minimum atomic E-state index is -0.994. The molecule has 1 rings (SSSR count). The van der Waals surface area contributed by atoms with Crippen LogP contribution in [-0.2, 0) is 9.59 Å². The van der Waals surface area contributed by atoms with Gasteiger partial charge in [0, 0.05) is 17.8 Å². The minimum Gasteiger partial charge on any atom is -0.481 e. The van der Waals surface area contributed by atoms with Crippen LogP contribution in [0.15, 0.2) is 24.3 Å². The van der Waals surface area contributed by atoms with Crippen molar-refractivity contribution in [1.82, 2.24) is 10.6 Å². The molecule has 0 bridgehead atoms. The molecule has 1 aromatic rings. The highest BCUT2D eigenvalue weighted by Gasteiger charge is 2.07. The van der Waals surface area contributed by atoms with E-state index in [1.807, 2.05) is 0 Å². The van der Waals surface area contributed by atoms with E-state index in [1.54, 1.807) is 24.3 Å². The molecule has 7 nitrogen and oxygen atoms in total. The van der Waals surface area contributed by atoms with Crippen LogP contribution in [0.1, 0.15) is 16.8 Å². The van der Waals surface area contributed by atoms with Crippen LogP contribution >= 0.6 is 0 Å². The Kier molecular flexibility index (Phi) is 5.34. The normalized spacial score (nSPS) is 9.68. The SMILES string of the molecule is Nc1ccc(C(=O)NCC(=O)NCCC(=O)O)cc1. The maximum atomic E-state index is 11.6. The molecule has 0 spiro atoms. The second kappa shape index (κ2) is 7.00. The molecule has 0 saturated carbocycles. The van der Waals surface area contributed by atoms with Crippen molar-refractivity contribution in [1.29, 1.82) is 0 Å². The predicted molar refractivity (Wildman–Crippen MR) is 68.5 cm³/mol. The standard InChI is InChI=1S/C12H15N3O4/c13-9-3-1-8(2-4-9)12(19)15-7-10(16)14-6-5-11(17)18/h1-4H,5-7,13H2,(H,14,16)(H,15,19)(H,17,18). The van der Waals surface area contributed by atoms with Crippen LogP contribution in [0.3, 0.4) is 0 Å². The lowest BCUT2D eigenvalue weighted by Crippen LogP contribution is -2.37. The quantitative estimate of drug-likeness (QED) is 0.521. The first-order valence-corrected chi connectivity index (χ1v) is 5.61. The third-order valence-corrected chi connectivity index (χ3v) is 2.24. The van der Waals surface area contributed by atoms with Gasteiger partial charge in [-0.1, -0.05) is 0 Å². The molecule has 0 aromatic heterocycles. The summed E-state index contributed by atoms with van der Waals surface area (Å²) in [5.41, 5.74) is 6.42. The van der Waals surface area contributed by atoms with Gasteiger partial charge in [-0.3, -0.25) is 14.4 Å². The maximum Gasteiger partial charge on any atom is 0.305 e. The zero-order valence-corrected chi connectivity index (χ0v) is 10.2. The summed E-state index contributed by atoms with van der Waals surface area (Å²) < 4.78 is 0. The predicted octanol–water partition coefficient (Wildman–Crippen LogP) is -0.410. The summed E-state index contributed by atoms with van der Waals surface area (Å²) in [6, 6.07) is 6.27. The molecule has 7 heteroatoms. The lowest BCUT2D eigenvalue weighted by Gasteiger charge is -2.06. The Hall–Kier alpha value is -2.57. The van der Waals surface area contributed by atoms with E-state index in [4.69, 9.17) is 10.8 Å². The van der Waals surface area contributed by atoms with Gasteiger partial charge < -0.3 is 21.5 Å². The van der Waals surface area contributed by atoms with Gasteiger partial charge in [0.1, 0.15) is 0 Å². The zero-order valence-electron chi connectivity index (χ0n) is 10.2. The van der Waals surface area contributed by atoms with Gasteiger partial charge >= 0.3 is 5.97 Å². The van der Waals surface area contributed by atoms with E-state index in [9.17, 15) is 14.4 Å². The fraction of sp³-hybridized carbons (Fsp3) is 0.250. The third-order valence-electron chi connectivity index (χ3n) is 2.24. The van der Waals surface area contributed by atoms with Crippen LogP contribution in [-0.4, -0.2) is 36.0 Å². The van der Waals surface area contributed by atoms with Gasteiger partial charge in [-0.15, -0.1) is 0 Å². The van der Waals surface area contributed by atoms with Crippen molar-refractivity contribution >= 4 is 23.5 Å². The van der Waals surface area contributed by atoms with Crippen LogP contribution in [0.25, 0.3) is 0 Å². The highest BCUT2D eigenvalue weighted by Crippen LogP contribution is 2.04. The van der Waals surface area contributed by atoms with Crippen LogP contribution in [0.5, 0.6) is 0 Å². The van der Waals surface area contributed by atoms with E-state index < -0.39 is 17.8 Å². The lowest BCUT2D eigenvalue weighted by molar-refractivity contribution is -0.136. The molecule has 5 N–H and O–H groups in total. The second-order valence-corrected chi connectivity index (χ2v) is 3.80. The Bertz CT molecular complexity index is 470. The fourth-order valence-corrected chi connectivity index (χ4v) is 1.27. The van der Waals surface area contributed by atoms with Crippen molar-refractivity contribution < 1.29 is 19.5 Å². The summed E-state index contributed by atoms with van der Waals surface area (Å²) in [6.45, 7) is -0.172. The van der Waals surface area contributed by atoms with Crippen molar-refractivity contribution in [2.75, 3.05) is 18.8 Å². The molecule has 102 valence electrons. The number of nitrogen functional groups attached to an aromatic ring is 1. The summed E-state index contributed by atoms with van der Waals surface area (Å²) in [5.74, 6) is -1.83. The van der Waals surface area contributed by atoms with E-state index >= 15 is 0 Å². The molecular formula is C12H15N3O4. The van der Waals surface area contributed by atoms with Crippen molar-refractivity contribution in [3.63, 3.8) is 0 Å². The van der Waals surface area contributed by atoms with Gasteiger partial charge in [-0.2, -0.15) is 0 Å². The first-order chi connectivity index (χ1) is 8.99. The van der Waals surface area contributed by atoms with Gasteiger partial charge in [0.2, 0.25) is 5.91 Å². The number of nitrogens with one attached hydrogen (secondary N) is 2. The Balaban J connectivity index is 2.31. The van der Waals surface area contributed by atoms with Gasteiger partial charge in [-0.05, 0) is 24.3 Å². The summed E-state index contributed by atoms with van der Waals surface area (Å²) in [4.78, 5) is 33.1. The molecule has 0 aliphatic rings. The minimum absolute atomic E-state index is 0.0336. The summed E-state index contributed by atoms with van der Waals surface area (Å²) >= 11 is 0. The molecule has 0 atom stereocenters. The Morgan fingerprint density at radius 2 is 1.74 bits per heavy atom. The summed E-state index contributed by atoms with van der Waals surface area (Å²) in [6.07, 6.45) is -0.155. The molecule has 2 amide bonds. The Morgan fingerprint density at radius 1 is 1.11 bits per heavy atom. The van der Waals surface area contributed by atoms with Gasteiger partial charge in [-0.25, -0.2) is 0 Å².